The lowest BCUT2D eigenvalue weighted by Crippen LogP contribution is -2.19. The average molecular weight is 567 g/mol. The lowest BCUT2D eigenvalue weighted by Gasteiger charge is -2.25. The van der Waals surface area contributed by atoms with Gasteiger partial charge in [-0.1, -0.05) is 37.6 Å². The van der Waals surface area contributed by atoms with E-state index in [1.165, 1.54) is 6.20 Å². The Labute approximate surface area is 238 Å². The number of hydrogen-bond acceptors (Lipinski definition) is 8. The number of para-hydroxylation sites is 1. The summed E-state index contributed by atoms with van der Waals surface area (Å²) in [4.78, 5) is 12.0. The summed E-state index contributed by atoms with van der Waals surface area (Å²) in [6.45, 7) is 6.41. The molecule has 3 aromatic rings. The summed E-state index contributed by atoms with van der Waals surface area (Å²) >= 11 is 6.52. The second kappa shape index (κ2) is 13.0. The Kier molecular flexibility index (Phi) is 9.44. The van der Waals surface area contributed by atoms with E-state index in [4.69, 9.17) is 30.5 Å². The molecule has 40 heavy (non-hydrogen) atoms. The van der Waals surface area contributed by atoms with Crippen LogP contribution in [0.4, 0.5) is 0 Å². The first-order valence-corrected chi connectivity index (χ1v) is 13.4. The quantitative estimate of drug-likeness (QED) is 0.144. The van der Waals surface area contributed by atoms with Crippen molar-refractivity contribution in [1.29, 1.82) is 0 Å². The molecule has 0 radical (unpaired) electrons. The molecule has 1 aromatic heterocycles. The summed E-state index contributed by atoms with van der Waals surface area (Å²) in [6, 6.07) is 11.3. The minimum atomic E-state index is -0.623. The third-order valence-electron chi connectivity index (χ3n) is 6.51. The second-order valence-electron chi connectivity index (χ2n) is 9.39. The van der Waals surface area contributed by atoms with Gasteiger partial charge in [0.2, 0.25) is 0 Å². The van der Waals surface area contributed by atoms with Crippen molar-refractivity contribution in [3.05, 3.63) is 81.4 Å². The van der Waals surface area contributed by atoms with Crippen LogP contribution in [0, 0.1) is 0 Å². The number of fused-ring (bicyclic) bond motifs is 3. The molecule has 0 bridgehead atoms. The van der Waals surface area contributed by atoms with E-state index in [9.17, 15) is 10.2 Å². The lowest BCUT2D eigenvalue weighted by molar-refractivity contribution is -0.137. The Morgan fingerprint density at radius 2 is 2.00 bits per heavy atom. The molecule has 1 N–H and O–H groups in total. The third kappa shape index (κ3) is 5.83. The molecule has 4 rings (SSSR count). The lowest BCUT2D eigenvalue weighted by atomic mass is 9.98. The smallest absolute Gasteiger partial charge is 0.337 e. The van der Waals surface area contributed by atoms with Crippen LogP contribution in [0.25, 0.3) is 11.1 Å². The maximum Gasteiger partial charge on any atom is 0.337 e. The van der Waals surface area contributed by atoms with Gasteiger partial charge in [0.1, 0.15) is 18.0 Å². The van der Waals surface area contributed by atoms with Crippen LogP contribution in [0.15, 0.2) is 48.2 Å². The van der Waals surface area contributed by atoms with Crippen LogP contribution >= 0.6 is 11.6 Å². The maximum absolute atomic E-state index is 12.0. The van der Waals surface area contributed by atoms with Crippen molar-refractivity contribution >= 4 is 23.8 Å². The van der Waals surface area contributed by atoms with Gasteiger partial charge in [0.05, 0.1) is 32.1 Å². The highest BCUT2D eigenvalue weighted by Crippen LogP contribution is 2.46. The van der Waals surface area contributed by atoms with E-state index >= 15 is 0 Å². The molecule has 1 aliphatic rings. The van der Waals surface area contributed by atoms with Gasteiger partial charge in [0.15, 0.2) is 17.3 Å². The first-order chi connectivity index (χ1) is 19.3. The van der Waals surface area contributed by atoms with Crippen LogP contribution in [-0.4, -0.2) is 54.3 Å². The first kappa shape index (κ1) is 29.1. The van der Waals surface area contributed by atoms with Gasteiger partial charge in [-0.3, -0.25) is 4.57 Å². The van der Waals surface area contributed by atoms with Crippen molar-refractivity contribution in [2.24, 2.45) is 0 Å². The van der Waals surface area contributed by atoms with Crippen molar-refractivity contribution < 1.29 is 23.7 Å². The Morgan fingerprint density at radius 3 is 2.67 bits per heavy atom. The average Bonchev–Trinajstić information content (AvgIpc) is 3.34. The monoisotopic (exact) mass is 566 g/mol. The summed E-state index contributed by atoms with van der Waals surface area (Å²) in [5.41, 5.74) is 2.47. The highest BCUT2D eigenvalue weighted by molar-refractivity contribution is 6.30. The van der Waals surface area contributed by atoms with Crippen molar-refractivity contribution in [3.8, 4) is 17.2 Å². The summed E-state index contributed by atoms with van der Waals surface area (Å²) in [5.74, 6) is 2.03. The Hall–Kier alpha value is -3.89. The highest BCUT2D eigenvalue weighted by atomic mass is 35.5. The zero-order chi connectivity index (χ0) is 28.8. The summed E-state index contributed by atoms with van der Waals surface area (Å²) in [6.07, 6.45) is 1.48. The molecule has 10 nitrogen and oxygen atoms in total. The van der Waals surface area contributed by atoms with E-state index in [1.54, 1.807) is 21.1 Å². The molecule has 11 heteroatoms. The SMILES string of the molecule is CCOC(=O)/C(C=[N-])=C/NCCC1O[C@H](c2cccc(OC)c2OC)c2cc(Cl)ccc2-n2c(C(C)C)nnc21. The van der Waals surface area contributed by atoms with Gasteiger partial charge < -0.3 is 29.7 Å². The third-order valence-corrected chi connectivity index (χ3v) is 6.74. The van der Waals surface area contributed by atoms with E-state index < -0.39 is 18.2 Å². The number of esters is 1. The fourth-order valence-electron chi connectivity index (χ4n) is 4.69. The van der Waals surface area contributed by atoms with Crippen LogP contribution in [0.3, 0.4) is 0 Å². The molecule has 1 unspecified atom stereocenters. The molecule has 0 aliphatic carbocycles. The molecule has 2 heterocycles. The number of hydrogen-bond donors (Lipinski definition) is 1. The minimum Gasteiger partial charge on any atom is -0.810 e. The Morgan fingerprint density at radius 1 is 1.20 bits per heavy atom. The fraction of sp³-hybridized carbons (Fsp3) is 0.379. The zero-order valence-corrected chi connectivity index (χ0v) is 23.9. The largest absolute Gasteiger partial charge is 0.810 e. The Balaban J connectivity index is 1.79. The molecule has 2 atom stereocenters. The van der Waals surface area contributed by atoms with Crippen LogP contribution < -0.4 is 14.8 Å². The van der Waals surface area contributed by atoms with Crippen molar-refractivity contribution in [2.75, 3.05) is 27.4 Å². The topological polar surface area (TPSA) is 119 Å². The molecule has 2 aromatic carbocycles. The van der Waals surface area contributed by atoms with Gasteiger partial charge in [-0.05, 0) is 37.6 Å². The number of carbonyl (C=O) groups excluding carboxylic acids is 1. The number of rotatable bonds is 11. The molecule has 1 aliphatic heterocycles. The van der Waals surface area contributed by atoms with E-state index in [1.807, 2.05) is 41.0 Å². The van der Waals surface area contributed by atoms with Gasteiger partial charge in [-0.25, -0.2) is 4.79 Å². The Bertz CT molecular complexity index is 1400. The number of carbonyl (C=O) groups is 1. The zero-order valence-electron chi connectivity index (χ0n) is 23.2. The first-order valence-electron chi connectivity index (χ1n) is 13.0. The van der Waals surface area contributed by atoms with Crippen LogP contribution in [-0.2, 0) is 14.3 Å². The normalized spacial score (nSPS) is 16.5. The fourth-order valence-corrected chi connectivity index (χ4v) is 4.87. The minimum absolute atomic E-state index is 0.00920. The molecular weight excluding hydrogens is 534 g/mol. The number of halogens is 1. The number of nitrogens with one attached hydrogen (secondary N) is 1. The summed E-state index contributed by atoms with van der Waals surface area (Å²) < 4.78 is 25.2. The number of ether oxygens (including phenoxy) is 4. The van der Waals surface area contributed by atoms with Crippen molar-refractivity contribution in [2.45, 2.75) is 45.3 Å². The molecule has 0 saturated carbocycles. The second-order valence-corrected chi connectivity index (χ2v) is 9.83. The standard InChI is InChI=1S/C29H33ClN5O5/c1-6-39-29(36)18(15-31)16-32-13-12-24-28-34-33-27(17(2)3)35(28)22-11-10-19(30)14-21(22)25(40-24)20-8-7-9-23(37-4)26(20)38-5/h7-11,14-17,24-25,32H,6,12-13H2,1-5H3/q-1/b18-16+/t24?,25-/m1/s1. The predicted molar refractivity (Wildman–Crippen MR) is 152 cm³/mol. The van der Waals surface area contributed by atoms with Gasteiger partial charge in [0.25, 0.3) is 0 Å². The highest BCUT2D eigenvalue weighted by Gasteiger charge is 2.35. The van der Waals surface area contributed by atoms with Crippen molar-refractivity contribution in [1.82, 2.24) is 20.1 Å². The number of methoxy groups -OCH3 is 2. The molecule has 0 spiro atoms. The molecule has 0 saturated heterocycles. The molecule has 212 valence electrons. The summed E-state index contributed by atoms with van der Waals surface area (Å²) in [5, 5.41) is 22.2. The molecule has 0 fully saturated rings. The predicted octanol–water partition coefficient (Wildman–Crippen LogP) is 5.29. The number of aromatic nitrogens is 3. The molecular formula is C29H33ClN5O5-. The van der Waals surface area contributed by atoms with E-state index in [2.05, 4.69) is 29.4 Å². The van der Waals surface area contributed by atoms with Crippen LogP contribution in [0.2, 0.25) is 5.02 Å². The van der Waals surface area contributed by atoms with Crippen molar-refractivity contribution in [3.63, 3.8) is 0 Å². The van der Waals surface area contributed by atoms with Crippen LogP contribution in [0.1, 0.15) is 68.1 Å². The number of nitrogens with zero attached hydrogens (tertiary/aromatic N) is 4. The van der Waals surface area contributed by atoms with E-state index in [0.29, 0.717) is 41.5 Å². The number of benzene rings is 2. The maximum atomic E-state index is 12.0. The van der Waals surface area contributed by atoms with Crippen LogP contribution in [0.5, 0.6) is 11.5 Å². The molecule has 0 amide bonds. The van der Waals surface area contributed by atoms with E-state index in [-0.39, 0.29) is 18.1 Å². The van der Waals surface area contributed by atoms with Gasteiger partial charge in [-0.2, -0.15) is 6.21 Å². The van der Waals surface area contributed by atoms with Gasteiger partial charge >= 0.3 is 5.97 Å². The summed E-state index contributed by atoms with van der Waals surface area (Å²) in [7, 11) is 3.18. The van der Waals surface area contributed by atoms with Gasteiger partial charge in [0, 0.05) is 34.8 Å². The van der Waals surface area contributed by atoms with E-state index in [0.717, 1.165) is 22.6 Å². The van der Waals surface area contributed by atoms with Gasteiger partial charge in [-0.15, -0.1) is 10.2 Å².